The molecule has 0 aliphatic heterocycles. The lowest BCUT2D eigenvalue weighted by atomic mass is 10.0. The Hall–Kier alpha value is -0.270. The molecule has 0 aliphatic carbocycles. The van der Waals surface area contributed by atoms with E-state index in [-0.39, 0.29) is 11.9 Å². The highest BCUT2D eigenvalue weighted by Crippen LogP contribution is 2.41. The van der Waals surface area contributed by atoms with Crippen molar-refractivity contribution in [1.82, 2.24) is 0 Å². The van der Waals surface area contributed by atoms with Crippen LogP contribution >= 0.6 is 35.7 Å². The molecule has 4 unspecified atom stereocenters. The van der Waals surface area contributed by atoms with Crippen LogP contribution in [0, 0.1) is 11.8 Å². The average Bonchev–Trinajstić information content (AvgIpc) is 2.73. The van der Waals surface area contributed by atoms with Crippen LogP contribution in [-0.4, -0.2) is 39.2 Å². The van der Waals surface area contributed by atoms with Gasteiger partial charge in [0.15, 0.2) is 0 Å². The van der Waals surface area contributed by atoms with Crippen molar-refractivity contribution in [3.63, 3.8) is 0 Å². The van der Waals surface area contributed by atoms with E-state index >= 15 is 0 Å². The molecule has 0 amide bonds. The molecule has 0 N–H and O–H groups in total. The summed E-state index contributed by atoms with van der Waals surface area (Å²) in [6, 6.07) is 0. The number of thiocarbonyl (C=S) groups is 1. The minimum absolute atomic E-state index is 0.290. The second-order valence-electron chi connectivity index (χ2n) is 8.13. The summed E-state index contributed by atoms with van der Waals surface area (Å²) in [6.45, 7) is 13.0. The lowest BCUT2D eigenvalue weighted by Gasteiger charge is -2.31. The van der Waals surface area contributed by atoms with Crippen LogP contribution in [0.15, 0.2) is 0 Å². The molecular formula is C23H44O4S3. The fraction of sp³-hybridized carbons (Fsp3) is 0.870. The van der Waals surface area contributed by atoms with Gasteiger partial charge in [0.2, 0.25) is 0 Å². The molecule has 0 radical (unpaired) electrons. The zero-order valence-electron chi connectivity index (χ0n) is 19.8. The largest absolute Gasteiger partial charge is 0.465 e. The van der Waals surface area contributed by atoms with E-state index in [0.717, 1.165) is 51.4 Å². The molecule has 0 fully saturated rings. The topological polar surface area (TPSA) is 52.6 Å². The van der Waals surface area contributed by atoms with Crippen LogP contribution in [0.1, 0.15) is 92.9 Å². The minimum Gasteiger partial charge on any atom is -0.465 e. The highest BCUT2D eigenvalue weighted by atomic mass is 32.3. The van der Waals surface area contributed by atoms with Crippen molar-refractivity contribution in [3.8, 4) is 0 Å². The van der Waals surface area contributed by atoms with Gasteiger partial charge in [-0.1, -0.05) is 78.4 Å². The Morgan fingerprint density at radius 1 is 0.833 bits per heavy atom. The minimum atomic E-state index is -1.27. The molecule has 0 rings (SSSR count). The maximum Gasteiger partial charge on any atom is 0.317 e. The van der Waals surface area contributed by atoms with E-state index in [1.54, 1.807) is 13.8 Å². The van der Waals surface area contributed by atoms with Gasteiger partial charge >= 0.3 is 11.9 Å². The number of ether oxygens (including phenoxy) is 2. The molecule has 7 heteroatoms. The predicted octanol–water partition coefficient (Wildman–Crippen LogP) is 6.50. The molecule has 30 heavy (non-hydrogen) atoms. The molecule has 4 atom stereocenters. The maximum atomic E-state index is 12.7. The standard InChI is InChI=1S/C23H44O4S3/c1-7-11-13-19(9-3)15-26-21(24)17(5)30(23(28)29)18(6)22(25)27-16-20(10-4)14-12-8-2/h17-20,30H,7-16H2,1-6H3,(H,28,29). The summed E-state index contributed by atoms with van der Waals surface area (Å²) in [7, 11) is -1.27. The Morgan fingerprint density at radius 2 is 1.20 bits per heavy atom. The highest BCUT2D eigenvalue weighted by Gasteiger charge is 2.33. The van der Waals surface area contributed by atoms with Crippen LogP contribution in [0.25, 0.3) is 0 Å². The van der Waals surface area contributed by atoms with Crippen molar-refractivity contribution in [2.45, 2.75) is 103 Å². The molecule has 0 saturated carbocycles. The summed E-state index contributed by atoms with van der Waals surface area (Å²) in [5.41, 5.74) is 0. The van der Waals surface area contributed by atoms with Crippen LogP contribution in [0.2, 0.25) is 0 Å². The van der Waals surface area contributed by atoms with E-state index < -0.39 is 21.4 Å². The quantitative estimate of drug-likeness (QED) is 0.150. The number of carbonyl (C=O) groups excluding carboxylic acids is 2. The van der Waals surface area contributed by atoms with Crippen molar-refractivity contribution in [3.05, 3.63) is 0 Å². The summed E-state index contributed by atoms with van der Waals surface area (Å²) in [5.74, 6) is 0.182. The molecule has 0 heterocycles. The molecule has 0 spiro atoms. The predicted molar refractivity (Wildman–Crippen MR) is 138 cm³/mol. The van der Waals surface area contributed by atoms with Crippen LogP contribution in [-0.2, 0) is 19.1 Å². The third kappa shape index (κ3) is 11.4. The summed E-state index contributed by atoms with van der Waals surface area (Å²) in [6.07, 6.45) is 8.65. The Bertz CT molecular complexity index is 475. The first-order valence-corrected chi connectivity index (χ1v) is 13.9. The van der Waals surface area contributed by atoms with Gasteiger partial charge in [0.05, 0.1) is 27.2 Å². The SMILES string of the molecule is CCCCC(CC)COC(=O)C(C)[SH](C(=S)S)C(C)C(=O)OCC(CC)CCCC. The average molecular weight is 481 g/mol. The van der Waals surface area contributed by atoms with Crippen LogP contribution in [0.4, 0.5) is 0 Å². The molecule has 0 bridgehead atoms. The second kappa shape index (κ2) is 17.3. The maximum absolute atomic E-state index is 12.7. The fourth-order valence-corrected chi connectivity index (χ4v) is 7.26. The molecule has 0 aromatic carbocycles. The zero-order chi connectivity index (χ0) is 23.1. The van der Waals surface area contributed by atoms with E-state index in [1.807, 2.05) is 0 Å². The van der Waals surface area contributed by atoms with Gasteiger partial charge in [-0.25, -0.2) is 0 Å². The van der Waals surface area contributed by atoms with Gasteiger partial charge in [0.1, 0.15) is 0 Å². The van der Waals surface area contributed by atoms with Gasteiger partial charge in [-0.15, -0.1) is 12.6 Å². The number of hydrogen-bond acceptors (Lipinski definition) is 5. The molecule has 0 aromatic heterocycles. The lowest BCUT2D eigenvalue weighted by Crippen LogP contribution is -2.33. The van der Waals surface area contributed by atoms with Crippen molar-refractivity contribution in [2.24, 2.45) is 11.8 Å². The highest BCUT2D eigenvalue weighted by molar-refractivity contribution is 8.51. The van der Waals surface area contributed by atoms with Gasteiger partial charge in [-0.05, 0) is 38.5 Å². The molecular weight excluding hydrogens is 436 g/mol. The fourth-order valence-electron chi connectivity index (χ4n) is 3.33. The van der Waals surface area contributed by atoms with Crippen LogP contribution in [0.5, 0.6) is 0 Å². The number of unbranched alkanes of at least 4 members (excludes halogenated alkanes) is 2. The van der Waals surface area contributed by atoms with E-state index in [9.17, 15) is 9.59 Å². The lowest BCUT2D eigenvalue weighted by molar-refractivity contribution is -0.144. The van der Waals surface area contributed by atoms with Gasteiger partial charge in [-0.3, -0.25) is 9.59 Å². The smallest absolute Gasteiger partial charge is 0.317 e. The van der Waals surface area contributed by atoms with Gasteiger partial charge in [-0.2, -0.15) is 10.9 Å². The van der Waals surface area contributed by atoms with Crippen molar-refractivity contribution >= 4 is 51.2 Å². The summed E-state index contributed by atoms with van der Waals surface area (Å²) >= 11 is 9.67. The van der Waals surface area contributed by atoms with E-state index in [2.05, 4.69) is 40.3 Å². The number of hydrogen-bond donors (Lipinski definition) is 2. The molecule has 0 aliphatic rings. The monoisotopic (exact) mass is 480 g/mol. The molecule has 0 aromatic rings. The Labute approximate surface area is 198 Å². The zero-order valence-corrected chi connectivity index (χ0v) is 22.4. The summed E-state index contributed by atoms with van der Waals surface area (Å²) in [5, 5.41) is -0.948. The van der Waals surface area contributed by atoms with Crippen molar-refractivity contribution in [2.75, 3.05) is 13.2 Å². The third-order valence-corrected chi connectivity index (χ3v) is 9.60. The van der Waals surface area contributed by atoms with Crippen molar-refractivity contribution in [1.29, 1.82) is 0 Å². The van der Waals surface area contributed by atoms with E-state index in [4.69, 9.17) is 21.7 Å². The molecule has 178 valence electrons. The van der Waals surface area contributed by atoms with Gasteiger partial charge in [0.25, 0.3) is 0 Å². The second-order valence-corrected chi connectivity index (χ2v) is 12.8. The normalized spacial score (nSPS) is 16.8. The van der Waals surface area contributed by atoms with E-state index in [1.165, 1.54) is 0 Å². The van der Waals surface area contributed by atoms with Crippen molar-refractivity contribution < 1.29 is 19.1 Å². The molecule has 4 nitrogen and oxygen atoms in total. The van der Waals surface area contributed by atoms with Crippen LogP contribution in [0.3, 0.4) is 0 Å². The third-order valence-electron chi connectivity index (χ3n) is 5.75. The van der Waals surface area contributed by atoms with Gasteiger partial charge < -0.3 is 9.47 Å². The Morgan fingerprint density at radius 3 is 1.47 bits per heavy atom. The number of esters is 2. The summed E-state index contributed by atoms with van der Waals surface area (Å²) < 4.78 is 11.6. The Balaban J connectivity index is 4.87. The number of thiol groups is 2. The number of rotatable bonds is 16. The first kappa shape index (κ1) is 29.7. The Kier molecular flexibility index (Phi) is 17.1. The first-order chi connectivity index (χ1) is 14.2. The number of carbonyl (C=O) groups is 2. The first-order valence-electron chi connectivity index (χ1n) is 11.6. The van der Waals surface area contributed by atoms with Crippen LogP contribution < -0.4 is 0 Å². The molecule has 0 saturated heterocycles. The summed E-state index contributed by atoms with van der Waals surface area (Å²) in [4.78, 5) is 25.4. The van der Waals surface area contributed by atoms with Gasteiger partial charge in [0, 0.05) is 0 Å². The van der Waals surface area contributed by atoms with E-state index in [0.29, 0.717) is 28.6 Å².